The molecule has 0 radical (unpaired) electrons. The molecule has 0 saturated carbocycles. The second-order valence-electron chi connectivity index (χ2n) is 6.74. The number of carbonyl (C=O) groups is 1. The summed E-state index contributed by atoms with van der Waals surface area (Å²) in [4.78, 5) is 12.5. The molecule has 3 aromatic rings. The van der Waals surface area contributed by atoms with Crippen molar-refractivity contribution in [3.63, 3.8) is 0 Å². The number of urea groups is 1. The van der Waals surface area contributed by atoms with Gasteiger partial charge in [-0.1, -0.05) is 24.3 Å². The van der Waals surface area contributed by atoms with E-state index in [1.807, 2.05) is 12.1 Å². The second kappa shape index (κ2) is 8.37. The fourth-order valence-corrected chi connectivity index (χ4v) is 6.06. The number of nitrogens with zero attached hydrogens (tertiary/aromatic N) is 1. The Kier molecular flexibility index (Phi) is 5.65. The van der Waals surface area contributed by atoms with E-state index >= 15 is 0 Å². The number of amides is 2. The van der Waals surface area contributed by atoms with Crippen LogP contribution in [0.2, 0.25) is 0 Å². The van der Waals surface area contributed by atoms with Crippen molar-refractivity contribution in [1.29, 1.82) is 0 Å². The molecule has 7 nitrogen and oxygen atoms in total. The van der Waals surface area contributed by atoms with Crippen molar-refractivity contribution in [1.82, 2.24) is 0 Å². The predicted octanol–water partition coefficient (Wildman–Crippen LogP) is 4.54. The van der Waals surface area contributed by atoms with Gasteiger partial charge in [0.05, 0.1) is 18.5 Å². The Balaban J connectivity index is 1.58. The first-order valence-electron chi connectivity index (χ1n) is 9.39. The molecule has 0 atom stereocenters. The van der Waals surface area contributed by atoms with Crippen LogP contribution in [-0.2, 0) is 16.4 Å². The van der Waals surface area contributed by atoms with E-state index in [2.05, 4.69) is 10.6 Å². The van der Waals surface area contributed by atoms with Gasteiger partial charge in [0.15, 0.2) is 0 Å². The monoisotopic (exact) mass is 443 g/mol. The van der Waals surface area contributed by atoms with Crippen LogP contribution in [0.5, 0.6) is 5.75 Å². The van der Waals surface area contributed by atoms with Gasteiger partial charge in [-0.25, -0.2) is 13.2 Å². The summed E-state index contributed by atoms with van der Waals surface area (Å²) < 4.78 is 33.1. The SMILES string of the molecule is COc1ccccc1NC(=O)Nc1ccc2c(c1)N(S(=O)(=O)c1cccs1)CCC2. The van der Waals surface area contributed by atoms with Gasteiger partial charge in [0.25, 0.3) is 10.0 Å². The van der Waals surface area contributed by atoms with Gasteiger partial charge in [-0.15, -0.1) is 11.3 Å². The van der Waals surface area contributed by atoms with E-state index in [-0.39, 0.29) is 0 Å². The van der Waals surface area contributed by atoms with Crippen LogP contribution >= 0.6 is 11.3 Å². The molecule has 2 amide bonds. The van der Waals surface area contributed by atoms with Gasteiger partial charge in [-0.2, -0.15) is 0 Å². The first kappa shape index (κ1) is 20.2. The molecule has 1 aliphatic rings. The highest BCUT2D eigenvalue weighted by Crippen LogP contribution is 2.35. The van der Waals surface area contributed by atoms with Gasteiger partial charge >= 0.3 is 6.03 Å². The summed E-state index contributed by atoms with van der Waals surface area (Å²) in [5, 5.41) is 7.27. The predicted molar refractivity (Wildman–Crippen MR) is 119 cm³/mol. The van der Waals surface area contributed by atoms with Crippen LogP contribution in [-0.4, -0.2) is 28.1 Å². The number of para-hydroxylation sites is 2. The number of rotatable bonds is 5. The number of fused-ring (bicyclic) bond motifs is 1. The standard InChI is InChI=1S/C21H21N3O4S2/c1-28-19-8-3-2-7-17(19)23-21(25)22-16-11-10-15-6-4-12-24(18(15)14-16)30(26,27)20-9-5-13-29-20/h2-3,5,7-11,13-14H,4,6,12H2,1H3,(H2,22,23,25). The zero-order valence-electron chi connectivity index (χ0n) is 16.3. The van der Waals surface area contributed by atoms with Crippen molar-refractivity contribution < 1.29 is 17.9 Å². The minimum Gasteiger partial charge on any atom is -0.495 e. The molecular formula is C21H21N3O4S2. The summed E-state index contributed by atoms with van der Waals surface area (Å²) in [7, 11) is -2.10. The molecule has 156 valence electrons. The normalized spacial score (nSPS) is 13.4. The Morgan fingerprint density at radius 2 is 1.93 bits per heavy atom. The number of thiophene rings is 1. The third kappa shape index (κ3) is 3.99. The molecule has 2 N–H and O–H groups in total. The minimum absolute atomic E-state index is 0.308. The number of nitrogens with one attached hydrogen (secondary N) is 2. The number of ether oxygens (including phenoxy) is 1. The highest BCUT2D eigenvalue weighted by Gasteiger charge is 2.30. The van der Waals surface area contributed by atoms with Gasteiger partial charge in [0.1, 0.15) is 9.96 Å². The highest BCUT2D eigenvalue weighted by atomic mass is 32.2. The van der Waals surface area contributed by atoms with Gasteiger partial charge in [-0.05, 0) is 54.1 Å². The van der Waals surface area contributed by atoms with Gasteiger partial charge in [0.2, 0.25) is 0 Å². The van der Waals surface area contributed by atoms with E-state index in [0.717, 1.165) is 18.4 Å². The lowest BCUT2D eigenvalue weighted by molar-refractivity contribution is 0.262. The number of hydrogen-bond donors (Lipinski definition) is 2. The Bertz CT molecular complexity index is 1160. The second-order valence-corrected chi connectivity index (χ2v) is 9.77. The van der Waals surface area contributed by atoms with Gasteiger partial charge in [-0.3, -0.25) is 4.31 Å². The molecule has 0 saturated heterocycles. The summed E-state index contributed by atoms with van der Waals surface area (Å²) in [5.74, 6) is 0.548. The Hall–Kier alpha value is -3.04. The zero-order chi connectivity index (χ0) is 21.1. The molecule has 2 heterocycles. The van der Waals surface area contributed by atoms with Crippen LogP contribution < -0.4 is 19.7 Å². The average Bonchev–Trinajstić information content (AvgIpc) is 3.29. The Morgan fingerprint density at radius 3 is 2.70 bits per heavy atom. The molecule has 9 heteroatoms. The summed E-state index contributed by atoms with van der Waals surface area (Å²) in [6.07, 6.45) is 1.54. The van der Waals surface area contributed by atoms with Crippen molar-refractivity contribution in [3.05, 3.63) is 65.5 Å². The number of carbonyl (C=O) groups excluding carboxylic acids is 1. The largest absolute Gasteiger partial charge is 0.495 e. The molecule has 30 heavy (non-hydrogen) atoms. The lowest BCUT2D eigenvalue weighted by atomic mass is 10.0. The van der Waals surface area contributed by atoms with Crippen LogP contribution in [0.1, 0.15) is 12.0 Å². The van der Waals surface area contributed by atoms with E-state index < -0.39 is 16.1 Å². The average molecular weight is 444 g/mol. The van der Waals surface area contributed by atoms with E-state index in [9.17, 15) is 13.2 Å². The number of methoxy groups -OCH3 is 1. The maximum absolute atomic E-state index is 13.1. The van der Waals surface area contributed by atoms with Crippen LogP contribution in [0.4, 0.5) is 21.9 Å². The van der Waals surface area contributed by atoms with Gasteiger partial charge < -0.3 is 15.4 Å². The number of aryl methyl sites for hydroxylation is 1. The maximum Gasteiger partial charge on any atom is 0.323 e. The molecule has 0 bridgehead atoms. The number of sulfonamides is 1. The lowest BCUT2D eigenvalue weighted by Gasteiger charge is -2.30. The first-order chi connectivity index (χ1) is 14.5. The number of hydrogen-bond acceptors (Lipinski definition) is 5. The Labute approximate surface area is 179 Å². The van der Waals surface area contributed by atoms with Crippen LogP contribution in [0.25, 0.3) is 0 Å². The van der Waals surface area contributed by atoms with Crippen LogP contribution in [0, 0.1) is 0 Å². The van der Waals surface area contributed by atoms with Crippen molar-refractivity contribution in [3.8, 4) is 5.75 Å². The Morgan fingerprint density at radius 1 is 1.10 bits per heavy atom. The van der Waals surface area contributed by atoms with Crippen molar-refractivity contribution in [2.45, 2.75) is 17.1 Å². The van der Waals surface area contributed by atoms with Gasteiger partial charge in [0, 0.05) is 12.2 Å². The molecule has 1 aromatic heterocycles. The number of benzene rings is 2. The van der Waals surface area contributed by atoms with Crippen LogP contribution in [0.3, 0.4) is 0 Å². The molecule has 0 spiro atoms. The smallest absolute Gasteiger partial charge is 0.323 e. The third-order valence-electron chi connectivity index (χ3n) is 4.81. The summed E-state index contributed by atoms with van der Waals surface area (Å²) in [6, 6.07) is 15.3. The molecular weight excluding hydrogens is 422 g/mol. The molecule has 2 aromatic carbocycles. The maximum atomic E-state index is 13.1. The lowest BCUT2D eigenvalue weighted by Crippen LogP contribution is -2.35. The molecule has 1 aliphatic heterocycles. The van der Waals surface area contributed by atoms with Crippen molar-refractivity contribution in [2.24, 2.45) is 0 Å². The first-order valence-corrected chi connectivity index (χ1v) is 11.7. The van der Waals surface area contributed by atoms with Crippen molar-refractivity contribution >= 4 is 44.5 Å². The molecule has 0 fully saturated rings. The van der Waals surface area contributed by atoms with E-state index in [1.54, 1.807) is 47.8 Å². The van der Waals surface area contributed by atoms with E-state index in [1.165, 1.54) is 22.8 Å². The van der Waals surface area contributed by atoms with E-state index in [0.29, 0.717) is 33.6 Å². The quantitative estimate of drug-likeness (QED) is 0.606. The third-order valence-corrected chi connectivity index (χ3v) is 8.00. The fourth-order valence-electron chi connectivity index (χ4n) is 3.42. The number of anilines is 3. The fraction of sp³-hybridized carbons (Fsp3) is 0.190. The van der Waals surface area contributed by atoms with Crippen molar-refractivity contribution in [2.75, 3.05) is 28.6 Å². The van der Waals surface area contributed by atoms with E-state index in [4.69, 9.17) is 4.74 Å². The zero-order valence-corrected chi connectivity index (χ0v) is 17.9. The molecule has 0 unspecified atom stereocenters. The molecule has 4 rings (SSSR count). The minimum atomic E-state index is -3.63. The summed E-state index contributed by atoms with van der Waals surface area (Å²) in [5.41, 5.74) is 2.59. The highest BCUT2D eigenvalue weighted by molar-refractivity contribution is 7.94. The summed E-state index contributed by atoms with van der Waals surface area (Å²) >= 11 is 1.20. The van der Waals surface area contributed by atoms with Crippen LogP contribution in [0.15, 0.2) is 64.2 Å². The molecule has 0 aliphatic carbocycles. The summed E-state index contributed by atoms with van der Waals surface area (Å²) in [6.45, 7) is 0.407. The topological polar surface area (TPSA) is 87.7 Å².